The summed E-state index contributed by atoms with van der Waals surface area (Å²) < 4.78 is 0. The Hall–Kier alpha value is -0.670. The molecule has 7 heteroatoms. The van der Waals surface area contributed by atoms with E-state index >= 15 is 0 Å². The minimum atomic E-state index is 0. The van der Waals surface area contributed by atoms with Crippen molar-refractivity contribution >= 4 is 52.6 Å². The van der Waals surface area contributed by atoms with Gasteiger partial charge in [0.05, 0.1) is 23.8 Å². The van der Waals surface area contributed by atoms with Gasteiger partial charge in [0.2, 0.25) is 0 Å². The predicted molar refractivity (Wildman–Crippen MR) is 103 cm³/mol. The molecule has 0 aliphatic rings. The standard InChI is InChI=1S/C14H20N4S2.HI/c1-10-5-6-13(20-10)7-16-14(15-3)18(4)8-12-9-19-11(2)17-12;/h5-6,9H,7-8H2,1-4H3,(H,15,16);1H. The first-order valence-corrected chi connectivity index (χ1v) is 8.16. The molecule has 0 unspecified atom stereocenters. The third-order valence-corrected chi connectivity index (χ3v) is 4.68. The van der Waals surface area contributed by atoms with Crippen LogP contribution in [0.15, 0.2) is 22.5 Å². The van der Waals surface area contributed by atoms with Crippen LogP contribution >= 0.6 is 46.7 Å². The van der Waals surface area contributed by atoms with Crippen LogP contribution in [0.5, 0.6) is 0 Å². The Labute approximate surface area is 151 Å². The van der Waals surface area contributed by atoms with Crippen LogP contribution in [0, 0.1) is 13.8 Å². The van der Waals surface area contributed by atoms with E-state index in [1.807, 2.05) is 32.4 Å². The van der Waals surface area contributed by atoms with Gasteiger partial charge in [0.25, 0.3) is 0 Å². The molecule has 2 rings (SSSR count). The Morgan fingerprint density at radius 2 is 2.14 bits per heavy atom. The number of nitrogens with one attached hydrogen (secondary N) is 1. The molecule has 2 heterocycles. The van der Waals surface area contributed by atoms with E-state index in [0.29, 0.717) is 0 Å². The van der Waals surface area contributed by atoms with E-state index in [2.05, 4.69) is 44.6 Å². The number of hydrogen-bond donors (Lipinski definition) is 1. The number of guanidine groups is 1. The van der Waals surface area contributed by atoms with Gasteiger partial charge in [-0.25, -0.2) is 4.98 Å². The second-order valence-corrected chi connectivity index (χ2v) is 7.06. The highest BCUT2D eigenvalue weighted by molar-refractivity contribution is 14.0. The van der Waals surface area contributed by atoms with E-state index in [9.17, 15) is 0 Å². The quantitative estimate of drug-likeness (QED) is 0.452. The zero-order chi connectivity index (χ0) is 14.5. The van der Waals surface area contributed by atoms with Crippen molar-refractivity contribution in [2.45, 2.75) is 26.9 Å². The van der Waals surface area contributed by atoms with E-state index in [0.717, 1.165) is 29.8 Å². The highest BCUT2D eigenvalue weighted by Crippen LogP contribution is 2.14. The van der Waals surface area contributed by atoms with E-state index in [4.69, 9.17) is 0 Å². The summed E-state index contributed by atoms with van der Waals surface area (Å²) in [5, 5.41) is 6.59. The lowest BCUT2D eigenvalue weighted by Crippen LogP contribution is -2.37. The molecule has 0 aliphatic heterocycles. The molecule has 0 fully saturated rings. The van der Waals surface area contributed by atoms with Gasteiger partial charge >= 0.3 is 0 Å². The highest BCUT2D eigenvalue weighted by Gasteiger charge is 2.08. The van der Waals surface area contributed by atoms with Crippen LogP contribution in [0.1, 0.15) is 20.5 Å². The van der Waals surface area contributed by atoms with Crippen LogP contribution in [-0.2, 0) is 13.1 Å². The Morgan fingerprint density at radius 1 is 1.38 bits per heavy atom. The van der Waals surface area contributed by atoms with Crippen LogP contribution in [0.4, 0.5) is 0 Å². The molecule has 0 amide bonds. The number of nitrogens with zero attached hydrogens (tertiary/aromatic N) is 3. The summed E-state index contributed by atoms with van der Waals surface area (Å²) in [7, 11) is 3.84. The van der Waals surface area contributed by atoms with Gasteiger partial charge in [-0.2, -0.15) is 0 Å². The molecule has 0 saturated heterocycles. The van der Waals surface area contributed by atoms with Gasteiger partial charge in [0.1, 0.15) is 0 Å². The van der Waals surface area contributed by atoms with Gasteiger partial charge in [-0.05, 0) is 26.0 Å². The van der Waals surface area contributed by atoms with E-state index in [1.54, 1.807) is 11.3 Å². The molecule has 0 spiro atoms. The van der Waals surface area contributed by atoms with E-state index < -0.39 is 0 Å². The molecule has 21 heavy (non-hydrogen) atoms. The van der Waals surface area contributed by atoms with Crippen molar-refractivity contribution in [2.24, 2.45) is 4.99 Å². The first-order chi connectivity index (χ1) is 9.58. The summed E-state index contributed by atoms with van der Waals surface area (Å²) in [6.07, 6.45) is 0. The number of rotatable bonds is 4. The van der Waals surface area contributed by atoms with Crippen molar-refractivity contribution in [1.82, 2.24) is 15.2 Å². The third kappa shape index (κ3) is 5.55. The Kier molecular flexibility index (Phi) is 7.61. The van der Waals surface area contributed by atoms with Crippen LogP contribution in [-0.4, -0.2) is 29.9 Å². The van der Waals surface area contributed by atoms with Crippen molar-refractivity contribution in [3.8, 4) is 0 Å². The van der Waals surface area contributed by atoms with Crippen LogP contribution < -0.4 is 5.32 Å². The Bertz CT molecular complexity index is 591. The van der Waals surface area contributed by atoms with Gasteiger partial charge in [0, 0.05) is 29.2 Å². The number of halogens is 1. The number of aromatic nitrogens is 1. The van der Waals surface area contributed by atoms with Crippen molar-refractivity contribution < 1.29 is 0 Å². The summed E-state index contributed by atoms with van der Waals surface area (Å²) in [5.74, 6) is 0.890. The summed E-state index contributed by atoms with van der Waals surface area (Å²) in [6.45, 7) is 5.74. The number of thiazole rings is 1. The second-order valence-electron chi connectivity index (χ2n) is 4.63. The van der Waals surface area contributed by atoms with Gasteiger partial charge in [-0.3, -0.25) is 4.99 Å². The summed E-state index contributed by atoms with van der Waals surface area (Å²) in [4.78, 5) is 13.6. The molecular formula is C14H21IN4S2. The maximum Gasteiger partial charge on any atom is 0.194 e. The lowest BCUT2D eigenvalue weighted by molar-refractivity contribution is 0.471. The molecule has 0 bridgehead atoms. The van der Waals surface area contributed by atoms with Gasteiger partial charge in [0.15, 0.2) is 5.96 Å². The summed E-state index contributed by atoms with van der Waals surface area (Å²) >= 11 is 3.49. The normalized spacial score (nSPS) is 11.1. The Morgan fingerprint density at radius 3 is 2.67 bits per heavy atom. The minimum Gasteiger partial charge on any atom is -0.351 e. The fraction of sp³-hybridized carbons (Fsp3) is 0.429. The lowest BCUT2D eigenvalue weighted by atomic mass is 10.4. The molecule has 0 aliphatic carbocycles. The Balaban J connectivity index is 0.00000220. The maximum absolute atomic E-state index is 4.49. The smallest absolute Gasteiger partial charge is 0.194 e. The average molecular weight is 436 g/mol. The second kappa shape index (κ2) is 8.70. The van der Waals surface area contributed by atoms with Crippen LogP contribution in [0.3, 0.4) is 0 Å². The van der Waals surface area contributed by atoms with Crippen LogP contribution in [0.2, 0.25) is 0 Å². The van der Waals surface area contributed by atoms with Gasteiger partial charge in [-0.15, -0.1) is 46.7 Å². The lowest BCUT2D eigenvalue weighted by Gasteiger charge is -2.20. The van der Waals surface area contributed by atoms with E-state index in [-0.39, 0.29) is 24.0 Å². The molecular weight excluding hydrogens is 415 g/mol. The molecule has 0 aromatic carbocycles. The molecule has 1 N–H and O–H groups in total. The average Bonchev–Trinajstić information content (AvgIpc) is 2.99. The highest BCUT2D eigenvalue weighted by atomic mass is 127. The fourth-order valence-corrected chi connectivity index (χ4v) is 3.36. The van der Waals surface area contributed by atoms with Gasteiger partial charge < -0.3 is 10.2 Å². The largest absolute Gasteiger partial charge is 0.351 e. The minimum absolute atomic E-state index is 0. The third-order valence-electron chi connectivity index (χ3n) is 2.86. The summed E-state index contributed by atoms with van der Waals surface area (Å²) in [5.41, 5.74) is 1.09. The SMILES string of the molecule is CN=C(NCc1ccc(C)s1)N(C)Cc1csc(C)n1.I. The number of aliphatic imine (C=N–C) groups is 1. The van der Waals surface area contributed by atoms with E-state index in [1.165, 1.54) is 9.75 Å². The van der Waals surface area contributed by atoms with Crippen molar-refractivity contribution in [3.63, 3.8) is 0 Å². The molecule has 4 nitrogen and oxygen atoms in total. The molecule has 0 saturated carbocycles. The molecule has 116 valence electrons. The summed E-state index contributed by atoms with van der Waals surface area (Å²) in [6, 6.07) is 4.30. The van der Waals surface area contributed by atoms with Crippen LogP contribution in [0.25, 0.3) is 0 Å². The van der Waals surface area contributed by atoms with Crippen molar-refractivity contribution in [2.75, 3.05) is 14.1 Å². The zero-order valence-corrected chi connectivity index (χ0v) is 16.7. The van der Waals surface area contributed by atoms with Gasteiger partial charge in [-0.1, -0.05) is 0 Å². The maximum atomic E-state index is 4.49. The monoisotopic (exact) mass is 436 g/mol. The first-order valence-electron chi connectivity index (χ1n) is 6.46. The zero-order valence-electron chi connectivity index (χ0n) is 12.7. The number of aryl methyl sites for hydroxylation is 2. The molecule has 2 aromatic rings. The molecule has 0 radical (unpaired) electrons. The van der Waals surface area contributed by atoms with Crippen molar-refractivity contribution in [1.29, 1.82) is 0 Å². The predicted octanol–water partition coefficient (Wildman–Crippen LogP) is 3.65. The number of hydrogen-bond acceptors (Lipinski definition) is 4. The fourth-order valence-electron chi connectivity index (χ4n) is 1.93. The first kappa shape index (κ1) is 18.4. The topological polar surface area (TPSA) is 40.5 Å². The molecule has 0 atom stereocenters. The van der Waals surface area contributed by atoms with Crippen molar-refractivity contribution in [3.05, 3.63) is 38.0 Å². The number of thiophene rings is 1. The molecule has 2 aromatic heterocycles.